The first-order valence-electron chi connectivity index (χ1n) is 9.19. The number of aromatic amines is 1. The topological polar surface area (TPSA) is 77.2 Å². The first kappa shape index (κ1) is 17.3. The summed E-state index contributed by atoms with van der Waals surface area (Å²) in [5.41, 5.74) is 3.00. The lowest BCUT2D eigenvalue weighted by Crippen LogP contribution is -2.30. The highest BCUT2D eigenvalue weighted by Gasteiger charge is 2.15. The largest absolute Gasteiger partial charge is 0.355 e. The summed E-state index contributed by atoms with van der Waals surface area (Å²) in [5.74, 6) is 0.0122. The van der Waals surface area contributed by atoms with Crippen LogP contribution >= 0.6 is 0 Å². The maximum atomic E-state index is 12.1. The molecule has 0 aliphatic carbocycles. The minimum atomic E-state index is -0.151. The molecule has 0 saturated carbocycles. The van der Waals surface area contributed by atoms with Crippen molar-refractivity contribution in [2.24, 2.45) is 0 Å². The van der Waals surface area contributed by atoms with Gasteiger partial charge in [-0.2, -0.15) is 0 Å². The molecule has 0 spiro atoms. The molecule has 1 aliphatic rings. The molecule has 0 atom stereocenters. The maximum absolute atomic E-state index is 12.1. The van der Waals surface area contributed by atoms with Gasteiger partial charge in [-0.25, -0.2) is 0 Å². The average molecular weight is 362 g/mol. The van der Waals surface area contributed by atoms with Gasteiger partial charge in [-0.1, -0.05) is 18.2 Å². The zero-order valence-electron chi connectivity index (χ0n) is 15.0. The molecule has 1 fully saturated rings. The van der Waals surface area contributed by atoms with Crippen LogP contribution in [0, 0.1) is 0 Å². The number of anilines is 3. The molecule has 1 aliphatic heterocycles. The van der Waals surface area contributed by atoms with Crippen LogP contribution in [0.3, 0.4) is 0 Å². The number of fused-ring (bicyclic) bond motifs is 1. The van der Waals surface area contributed by atoms with Crippen LogP contribution in [0.5, 0.6) is 0 Å². The van der Waals surface area contributed by atoms with E-state index in [1.807, 2.05) is 48.5 Å². The second-order valence-corrected chi connectivity index (χ2v) is 6.83. The van der Waals surface area contributed by atoms with E-state index in [-0.39, 0.29) is 11.5 Å². The predicted molar refractivity (Wildman–Crippen MR) is 109 cm³/mol. The Morgan fingerprint density at radius 2 is 1.70 bits per heavy atom. The van der Waals surface area contributed by atoms with Crippen molar-refractivity contribution in [1.82, 2.24) is 9.88 Å². The smallest absolute Gasteiger partial charge is 0.250 e. The van der Waals surface area contributed by atoms with Gasteiger partial charge >= 0.3 is 0 Å². The number of rotatable bonds is 5. The fourth-order valence-electron chi connectivity index (χ4n) is 3.44. The molecule has 0 bridgehead atoms. The van der Waals surface area contributed by atoms with Crippen LogP contribution in [0.2, 0.25) is 0 Å². The summed E-state index contributed by atoms with van der Waals surface area (Å²) in [6.45, 7) is 2.44. The average Bonchev–Trinajstić information content (AvgIpc) is 3.16. The van der Waals surface area contributed by atoms with Crippen molar-refractivity contribution < 1.29 is 4.79 Å². The Labute approximate surface area is 157 Å². The van der Waals surface area contributed by atoms with Crippen LogP contribution in [-0.2, 0) is 4.79 Å². The van der Waals surface area contributed by atoms with Crippen LogP contribution in [0.4, 0.5) is 17.1 Å². The number of carbonyl (C=O) groups is 1. The zero-order chi connectivity index (χ0) is 18.6. The van der Waals surface area contributed by atoms with Gasteiger partial charge in [0.05, 0.1) is 17.7 Å². The van der Waals surface area contributed by atoms with E-state index in [0.29, 0.717) is 6.54 Å². The van der Waals surface area contributed by atoms with Crippen LogP contribution in [0.1, 0.15) is 12.8 Å². The number of hydrogen-bond acceptors (Lipinski definition) is 4. The number of aromatic nitrogens is 1. The second kappa shape index (κ2) is 7.63. The van der Waals surface area contributed by atoms with Crippen molar-refractivity contribution in [3.8, 4) is 0 Å². The maximum Gasteiger partial charge on any atom is 0.250 e. The Morgan fingerprint density at radius 3 is 2.48 bits per heavy atom. The molecule has 0 unspecified atom stereocenters. The zero-order valence-corrected chi connectivity index (χ0v) is 15.0. The number of nitrogens with zero attached hydrogens (tertiary/aromatic N) is 1. The highest BCUT2D eigenvalue weighted by Crippen LogP contribution is 2.24. The number of nitrogens with one attached hydrogen (secondary N) is 3. The van der Waals surface area contributed by atoms with Crippen molar-refractivity contribution >= 4 is 33.9 Å². The fraction of sp³-hybridized carbons (Fsp3) is 0.238. The van der Waals surface area contributed by atoms with Crippen LogP contribution < -0.4 is 16.2 Å². The van der Waals surface area contributed by atoms with E-state index in [1.54, 1.807) is 6.07 Å². The summed E-state index contributed by atoms with van der Waals surface area (Å²) >= 11 is 0. The summed E-state index contributed by atoms with van der Waals surface area (Å²) < 4.78 is 0. The number of amides is 1. The Balaban J connectivity index is 1.45. The van der Waals surface area contributed by atoms with E-state index in [9.17, 15) is 9.59 Å². The molecule has 1 amide bonds. The molecule has 2 aromatic carbocycles. The molecule has 138 valence electrons. The lowest BCUT2D eigenvalue weighted by atomic mass is 10.1. The third kappa shape index (κ3) is 4.17. The lowest BCUT2D eigenvalue weighted by Gasteiger charge is -2.14. The van der Waals surface area contributed by atoms with Crippen LogP contribution in [0.15, 0.2) is 59.4 Å². The van der Waals surface area contributed by atoms with Gasteiger partial charge in [-0.05, 0) is 56.3 Å². The summed E-state index contributed by atoms with van der Waals surface area (Å²) in [4.78, 5) is 29.0. The normalized spacial score (nSPS) is 14.4. The molecule has 6 heteroatoms. The Morgan fingerprint density at radius 1 is 1.00 bits per heavy atom. The lowest BCUT2D eigenvalue weighted by molar-refractivity contribution is -0.117. The Hall–Kier alpha value is -3.12. The molecular weight excluding hydrogens is 340 g/mol. The van der Waals surface area contributed by atoms with Crippen LogP contribution in [-0.4, -0.2) is 35.4 Å². The number of carbonyl (C=O) groups excluding carboxylic acids is 1. The molecule has 3 aromatic rings. The highest BCUT2D eigenvalue weighted by molar-refractivity contribution is 5.94. The van der Waals surface area contributed by atoms with Gasteiger partial charge in [-0.15, -0.1) is 0 Å². The number of hydrogen-bond donors (Lipinski definition) is 3. The molecule has 3 N–H and O–H groups in total. The third-order valence-electron chi connectivity index (χ3n) is 4.76. The highest BCUT2D eigenvalue weighted by atomic mass is 16.2. The SMILES string of the molecule is O=C(CN1CCCC1)Nc1ccc(Nc2cc(=O)[nH]c3ccccc23)cc1. The number of likely N-dealkylation sites (tertiary alicyclic amines) is 1. The Kier molecular flexibility index (Phi) is 4.89. The van der Waals surface area contributed by atoms with E-state index in [1.165, 1.54) is 12.8 Å². The monoisotopic (exact) mass is 362 g/mol. The number of H-pyrrole nitrogens is 1. The first-order chi connectivity index (χ1) is 13.2. The van der Waals surface area contributed by atoms with Crippen molar-refractivity contribution in [2.75, 3.05) is 30.3 Å². The minimum Gasteiger partial charge on any atom is -0.355 e. The molecule has 6 nitrogen and oxygen atoms in total. The minimum absolute atomic E-state index is 0.0122. The van der Waals surface area contributed by atoms with Crippen molar-refractivity contribution in [3.05, 3.63) is 65.0 Å². The molecule has 1 saturated heterocycles. The number of benzene rings is 2. The van der Waals surface area contributed by atoms with Gasteiger partial charge in [-0.3, -0.25) is 14.5 Å². The van der Waals surface area contributed by atoms with Crippen LogP contribution in [0.25, 0.3) is 10.9 Å². The third-order valence-corrected chi connectivity index (χ3v) is 4.76. The van der Waals surface area contributed by atoms with Gasteiger partial charge in [0.1, 0.15) is 0 Å². The van der Waals surface area contributed by atoms with E-state index in [0.717, 1.165) is 41.1 Å². The van der Waals surface area contributed by atoms with E-state index in [2.05, 4.69) is 20.5 Å². The van der Waals surface area contributed by atoms with E-state index >= 15 is 0 Å². The van der Waals surface area contributed by atoms with Gasteiger partial charge in [0.2, 0.25) is 11.5 Å². The quantitative estimate of drug-likeness (QED) is 0.651. The van der Waals surface area contributed by atoms with E-state index in [4.69, 9.17) is 0 Å². The van der Waals surface area contributed by atoms with Crippen molar-refractivity contribution in [1.29, 1.82) is 0 Å². The summed E-state index contributed by atoms with van der Waals surface area (Å²) in [5, 5.41) is 7.17. The fourth-order valence-corrected chi connectivity index (χ4v) is 3.44. The van der Waals surface area contributed by atoms with Gasteiger partial charge in [0.25, 0.3) is 0 Å². The first-order valence-corrected chi connectivity index (χ1v) is 9.19. The summed E-state index contributed by atoms with van der Waals surface area (Å²) in [7, 11) is 0. The van der Waals surface area contributed by atoms with Gasteiger partial charge in [0.15, 0.2) is 0 Å². The predicted octanol–water partition coefficient (Wildman–Crippen LogP) is 3.31. The van der Waals surface area contributed by atoms with Gasteiger partial charge in [0, 0.05) is 22.8 Å². The summed E-state index contributed by atoms with van der Waals surface area (Å²) in [6, 6.07) is 16.7. The molecule has 0 radical (unpaired) electrons. The second-order valence-electron chi connectivity index (χ2n) is 6.83. The van der Waals surface area contributed by atoms with Crippen molar-refractivity contribution in [3.63, 3.8) is 0 Å². The Bertz CT molecular complexity index is 1000. The van der Waals surface area contributed by atoms with Crippen molar-refractivity contribution in [2.45, 2.75) is 12.8 Å². The molecule has 2 heterocycles. The van der Waals surface area contributed by atoms with E-state index < -0.39 is 0 Å². The number of para-hydroxylation sites is 1. The summed E-state index contributed by atoms with van der Waals surface area (Å²) in [6.07, 6.45) is 2.34. The number of pyridine rings is 1. The molecule has 1 aromatic heterocycles. The molecule has 27 heavy (non-hydrogen) atoms. The standard InChI is InChI=1S/C21H22N4O2/c26-20-13-19(17-5-1-2-6-18(17)24-20)22-15-7-9-16(10-8-15)23-21(27)14-25-11-3-4-12-25/h1-2,5-10,13H,3-4,11-12,14H2,(H,23,27)(H2,22,24,26). The molecule has 4 rings (SSSR count). The molecular formula is C21H22N4O2. The van der Waals surface area contributed by atoms with Gasteiger partial charge < -0.3 is 15.6 Å².